The summed E-state index contributed by atoms with van der Waals surface area (Å²) in [6, 6.07) is 0.128. The summed E-state index contributed by atoms with van der Waals surface area (Å²) in [4.78, 5) is 0. The molecule has 6 heteroatoms. The van der Waals surface area contributed by atoms with E-state index in [0.29, 0.717) is 19.3 Å². The van der Waals surface area contributed by atoms with Gasteiger partial charge in [-0.15, -0.1) is 0 Å². The van der Waals surface area contributed by atoms with Gasteiger partial charge in [-0.05, 0) is 19.3 Å². The van der Waals surface area contributed by atoms with Gasteiger partial charge in [0.05, 0.1) is 6.61 Å². The molecule has 1 N–H and O–H groups in total. The summed E-state index contributed by atoms with van der Waals surface area (Å²) < 4.78 is 56.3. The van der Waals surface area contributed by atoms with Crippen LogP contribution in [-0.2, 0) is 0 Å². The minimum absolute atomic E-state index is 0.0112. The van der Waals surface area contributed by atoms with Gasteiger partial charge in [-0.25, -0.2) is 8.78 Å². The number of ether oxygens (including phenoxy) is 1. The lowest BCUT2D eigenvalue weighted by Gasteiger charge is -2.09. The third-order valence-electron chi connectivity index (χ3n) is 2.12. The molecule has 0 radical (unpaired) electrons. The zero-order valence-corrected chi connectivity index (χ0v) is 8.98. The highest BCUT2D eigenvalue weighted by Gasteiger charge is 2.20. The first-order valence-electron chi connectivity index (χ1n) is 5.14. The highest BCUT2D eigenvalue weighted by Crippen LogP contribution is 2.26. The summed E-state index contributed by atoms with van der Waals surface area (Å²) in [5.74, 6) is -7.09. The maximum atomic E-state index is 13.1. The number of aliphatic hydroxyl groups is 1. The van der Waals surface area contributed by atoms with E-state index in [0.717, 1.165) is 0 Å². The fraction of sp³-hybridized carbons (Fsp3) is 0.455. The van der Waals surface area contributed by atoms with E-state index >= 15 is 0 Å². The van der Waals surface area contributed by atoms with Crippen molar-refractivity contribution in [3.05, 3.63) is 29.3 Å². The van der Waals surface area contributed by atoms with E-state index in [1.54, 1.807) is 0 Å². The molecule has 0 saturated carbocycles. The molecule has 1 rings (SSSR count). The Kier molecular flexibility index (Phi) is 5.21. The van der Waals surface area contributed by atoms with Crippen molar-refractivity contribution in [2.75, 3.05) is 13.2 Å². The van der Waals surface area contributed by atoms with Crippen molar-refractivity contribution < 1.29 is 27.4 Å². The summed E-state index contributed by atoms with van der Waals surface area (Å²) in [7, 11) is 0. The van der Waals surface area contributed by atoms with E-state index in [1.807, 2.05) is 0 Å². The molecule has 17 heavy (non-hydrogen) atoms. The van der Waals surface area contributed by atoms with Crippen LogP contribution < -0.4 is 4.74 Å². The molecule has 2 nitrogen and oxygen atoms in total. The van der Waals surface area contributed by atoms with Crippen LogP contribution in [0.2, 0.25) is 0 Å². The van der Waals surface area contributed by atoms with Crippen molar-refractivity contribution >= 4 is 0 Å². The highest BCUT2D eigenvalue weighted by molar-refractivity contribution is 5.28. The lowest BCUT2D eigenvalue weighted by molar-refractivity contribution is 0.249. The van der Waals surface area contributed by atoms with Crippen LogP contribution >= 0.6 is 0 Å². The first-order chi connectivity index (χ1) is 8.07. The van der Waals surface area contributed by atoms with Gasteiger partial charge in [0.1, 0.15) is 0 Å². The average Bonchev–Trinajstić information content (AvgIpc) is 2.30. The molecule has 0 fully saturated rings. The summed E-state index contributed by atoms with van der Waals surface area (Å²) in [6.45, 7) is -0.0615. The third kappa shape index (κ3) is 3.59. The zero-order valence-electron chi connectivity index (χ0n) is 8.98. The first kappa shape index (κ1) is 13.8. The fourth-order valence-corrected chi connectivity index (χ4v) is 1.24. The van der Waals surface area contributed by atoms with Gasteiger partial charge < -0.3 is 9.84 Å². The summed E-state index contributed by atoms with van der Waals surface area (Å²) in [5.41, 5.74) is 0. The Morgan fingerprint density at radius 3 is 2.06 bits per heavy atom. The van der Waals surface area contributed by atoms with Gasteiger partial charge >= 0.3 is 0 Å². The van der Waals surface area contributed by atoms with E-state index in [1.165, 1.54) is 0 Å². The van der Waals surface area contributed by atoms with Crippen molar-refractivity contribution in [3.8, 4) is 5.75 Å². The number of rotatable bonds is 6. The average molecular weight is 252 g/mol. The molecule has 0 saturated heterocycles. The van der Waals surface area contributed by atoms with Gasteiger partial charge in [-0.1, -0.05) is 0 Å². The second-order valence-electron chi connectivity index (χ2n) is 3.43. The second kappa shape index (κ2) is 6.44. The smallest absolute Gasteiger partial charge is 0.203 e. The Morgan fingerprint density at radius 2 is 1.53 bits per heavy atom. The summed E-state index contributed by atoms with van der Waals surface area (Å²) in [6.07, 6.45) is 1.56. The van der Waals surface area contributed by atoms with Gasteiger partial charge in [-0.3, -0.25) is 0 Å². The molecule has 0 aromatic heterocycles. The molecular weight excluding hydrogens is 240 g/mol. The van der Waals surface area contributed by atoms with E-state index in [-0.39, 0.29) is 19.3 Å². The van der Waals surface area contributed by atoms with E-state index < -0.39 is 29.0 Å². The normalized spacial score (nSPS) is 10.6. The van der Waals surface area contributed by atoms with Gasteiger partial charge in [-0.2, -0.15) is 8.78 Å². The van der Waals surface area contributed by atoms with Crippen LogP contribution in [0.15, 0.2) is 6.07 Å². The minimum atomic E-state index is -1.54. The number of hydrogen-bond donors (Lipinski definition) is 1. The van der Waals surface area contributed by atoms with Crippen molar-refractivity contribution in [3.63, 3.8) is 0 Å². The molecule has 0 aliphatic heterocycles. The van der Waals surface area contributed by atoms with Crippen molar-refractivity contribution in [2.24, 2.45) is 0 Å². The Balaban J connectivity index is 2.64. The van der Waals surface area contributed by atoms with Gasteiger partial charge in [0.2, 0.25) is 11.6 Å². The summed E-state index contributed by atoms with van der Waals surface area (Å²) in [5, 5.41) is 8.48. The fourth-order valence-electron chi connectivity index (χ4n) is 1.24. The Hall–Kier alpha value is -1.30. The summed E-state index contributed by atoms with van der Waals surface area (Å²) >= 11 is 0. The standard InChI is InChI=1S/C11H12F4O2/c12-7-6-8(13)10(15)11(9(7)14)17-5-3-1-2-4-16/h6,16H,1-5H2. The van der Waals surface area contributed by atoms with E-state index in [4.69, 9.17) is 5.11 Å². The molecular formula is C11H12F4O2. The number of benzene rings is 1. The molecule has 0 aliphatic carbocycles. The lowest BCUT2D eigenvalue weighted by atomic mass is 10.2. The first-order valence-corrected chi connectivity index (χ1v) is 5.14. The number of aliphatic hydroxyl groups excluding tert-OH is 1. The molecule has 96 valence electrons. The molecule has 0 atom stereocenters. The maximum absolute atomic E-state index is 13.1. The van der Waals surface area contributed by atoms with Crippen LogP contribution in [0.1, 0.15) is 19.3 Å². The van der Waals surface area contributed by atoms with Crippen LogP contribution in [0.3, 0.4) is 0 Å². The molecule has 1 aromatic rings. The number of unbranched alkanes of at least 4 members (excludes halogenated alkanes) is 2. The molecule has 0 bridgehead atoms. The Bertz CT molecular complexity index is 356. The zero-order chi connectivity index (χ0) is 12.8. The predicted octanol–water partition coefficient (Wildman–Crippen LogP) is 2.78. The maximum Gasteiger partial charge on any atom is 0.203 e. The quantitative estimate of drug-likeness (QED) is 0.479. The Morgan fingerprint density at radius 1 is 0.941 bits per heavy atom. The van der Waals surface area contributed by atoms with Crippen LogP contribution in [-0.4, -0.2) is 18.3 Å². The van der Waals surface area contributed by atoms with E-state index in [2.05, 4.69) is 4.74 Å². The third-order valence-corrected chi connectivity index (χ3v) is 2.12. The van der Waals surface area contributed by atoms with Crippen LogP contribution in [0, 0.1) is 23.3 Å². The van der Waals surface area contributed by atoms with Gasteiger partial charge in [0.25, 0.3) is 0 Å². The molecule has 0 aliphatic rings. The Labute approximate surface area is 95.8 Å². The monoisotopic (exact) mass is 252 g/mol. The predicted molar refractivity (Wildman–Crippen MR) is 52.7 cm³/mol. The second-order valence-corrected chi connectivity index (χ2v) is 3.43. The van der Waals surface area contributed by atoms with Crippen molar-refractivity contribution in [1.29, 1.82) is 0 Å². The van der Waals surface area contributed by atoms with Crippen molar-refractivity contribution in [2.45, 2.75) is 19.3 Å². The van der Waals surface area contributed by atoms with Crippen LogP contribution in [0.4, 0.5) is 17.6 Å². The van der Waals surface area contributed by atoms with Crippen LogP contribution in [0.25, 0.3) is 0 Å². The topological polar surface area (TPSA) is 29.5 Å². The van der Waals surface area contributed by atoms with E-state index in [9.17, 15) is 17.6 Å². The van der Waals surface area contributed by atoms with Crippen molar-refractivity contribution in [1.82, 2.24) is 0 Å². The molecule has 0 spiro atoms. The molecule has 1 aromatic carbocycles. The van der Waals surface area contributed by atoms with Gasteiger partial charge in [0.15, 0.2) is 17.4 Å². The number of halogens is 4. The SMILES string of the molecule is OCCCCCOc1c(F)c(F)cc(F)c1F. The largest absolute Gasteiger partial charge is 0.487 e. The molecule has 0 unspecified atom stereocenters. The molecule has 0 amide bonds. The highest BCUT2D eigenvalue weighted by atomic mass is 19.2. The number of hydrogen-bond acceptors (Lipinski definition) is 2. The van der Waals surface area contributed by atoms with Crippen LogP contribution in [0.5, 0.6) is 5.75 Å². The van der Waals surface area contributed by atoms with Gasteiger partial charge in [0, 0.05) is 12.7 Å². The lowest BCUT2D eigenvalue weighted by Crippen LogP contribution is -2.05. The minimum Gasteiger partial charge on any atom is -0.487 e. The molecule has 0 heterocycles.